The summed E-state index contributed by atoms with van der Waals surface area (Å²) in [5.41, 5.74) is 0.658. The van der Waals surface area contributed by atoms with Crippen LogP contribution in [0.3, 0.4) is 0 Å². The minimum atomic E-state index is -2.10. The number of hydrogen-bond donors (Lipinski definition) is 0. The first kappa shape index (κ1) is 17.9. The molecule has 0 unspecified atom stereocenters. The van der Waals surface area contributed by atoms with E-state index in [1.165, 1.54) is 13.2 Å². The molecule has 1 rings (SSSR count). The van der Waals surface area contributed by atoms with E-state index in [1.54, 1.807) is 6.07 Å². The van der Waals surface area contributed by atoms with Crippen LogP contribution in [-0.4, -0.2) is 27.7 Å². The Labute approximate surface area is 135 Å². The molecule has 0 saturated carbocycles. The van der Waals surface area contributed by atoms with Gasteiger partial charge in [-0.1, -0.05) is 20.8 Å². The van der Waals surface area contributed by atoms with E-state index in [0.717, 1.165) is 0 Å². The van der Waals surface area contributed by atoms with Crippen LogP contribution in [0.5, 0.6) is 5.75 Å². The quantitative estimate of drug-likeness (QED) is 0.445. The van der Waals surface area contributed by atoms with Crippen LogP contribution < -0.4 is 4.43 Å². The molecule has 0 spiro atoms. The molecule has 1 aromatic rings. The summed E-state index contributed by atoms with van der Waals surface area (Å²) < 4.78 is 11.6. The van der Waals surface area contributed by atoms with E-state index in [2.05, 4.69) is 49.8 Å². The van der Waals surface area contributed by atoms with E-state index >= 15 is 0 Å². The zero-order valence-corrected chi connectivity index (χ0v) is 15.8. The lowest BCUT2D eigenvalue weighted by atomic mass is 10.1. The number of hydrogen-bond acceptors (Lipinski definition) is 4. The predicted octanol–water partition coefficient (Wildman–Crippen LogP) is 4.43. The first-order chi connectivity index (χ1) is 9.53. The van der Waals surface area contributed by atoms with Gasteiger partial charge in [-0.3, -0.25) is 4.79 Å². The van der Waals surface area contributed by atoms with Crippen molar-refractivity contribution in [1.29, 1.82) is 0 Å². The fraction of sp³-hybridized carbons (Fsp3) is 0.467. The summed E-state index contributed by atoms with van der Waals surface area (Å²) in [6.07, 6.45) is 0.687. The summed E-state index contributed by atoms with van der Waals surface area (Å²) in [4.78, 5) is 23.0. The van der Waals surface area contributed by atoms with Gasteiger partial charge in [-0.15, -0.1) is 0 Å². The molecule has 0 aliphatic heterocycles. The molecule has 6 heteroatoms. The molecule has 1 aromatic carbocycles. The number of ether oxygens (including phenoxy) is 1. The number of carbonyl (C=O) groups is 2. The molecule has 0 aliphatic rings. The van der Waals surface area contributed by atoms with Gasteiger partial charge in [-0.25, -0.2) is 4.79 Å². The summed E-state index contributed by atoms with van der Waals surface area (Å²) in [6.45, 7) is 10.5. The molecule has 0 aromatic heterocycles. The Morgan fingerprint density at radius 3 is 2.29 bits per heavy atom. The highest BCUT2D eigenvalue weighted by molar-refractivity contribution is 9.10. The van der Waals surface area contributed by atoms with Gasteiger partial charge < -0.3 is 9.16 Å². The van der Waals surface area contributed by atoms with Gasteiger partial charge in [0, 0.05) is 10.0 Å². The highest BCUT2D eigenvalue weighted by Gasteiger charge is 2.39. The molecule has 0 heterocycles. The van der Waals surface area contributed by atoms with Crippen molar-refractivity contribution in [3.63, 3.8) is 0 Å². The van der Waals surface area contributed by atoms with Gasteiger partial charge in [0.25, 0.3) is 8.32 Å². The van der Waals surface area contributed by atoms with Crippen LogP contribution in [0.15, 0.2) is 16.6 Å². The van der Waals surface area contributed by atoms with E-state index in [0.29, 0.717) is 22.1 Å². The Kier molecular flexibility index (Phi) is 5.39. The second kappa shape index (κ2) is 6.32. The van der Waals surface area contributed by atoms with Crippen molar-refractivity contribution < 1.29 is 18.8 Å². The van der Waals surface area contributed by atoms with Crippen LogP contribution in [-0.2, 0) is 4.74 Å². The number of halogens is 1. The molecule has 116 valence electrons. The van der Waals surface area contributed by atoms with Gasteiger partial charge in [0.1, 0.15) is 11.3 Å². The van der Waals surface area contributed by atoms with Crippen molar-refractivity contribution in [2.24, 2.45) is 0 Å². The van der Waals surface area contributed by atoms with Crippen molar-refractivity contribution in [1.82, 2.24) is 0 Å². The lowest BCUT2D eigenvalue weighted by Gasteiger charge is -2.37. The first-order valence-corrected chi connectivity index (χ1v) is 10.3. The van der Waals surface area contributed by atoms with Crippen LogP contribution in [0, 0.1) is 0 Å². The van der Waals surface area contributed by atoms with Gasteiger partial charge in [0.15, 0.2) is 6.29 Å². The molecule has 21 heavy (non-hydrogen) atoms. The molecule has 0 atom stereocenters. The minimum Gasteiger partial charge on any atom is -0.543 e. The molecular formula is C15H21BrO4Si. The Morgan fingerprint density at radius 2 is 1.86 bits per heavy atom. The van der Waals surface area contributed by atoms with E-state index in [1.807, 2.05) is 0 Å². The standard InChI is InChI=1S/C15H21BrO4Si/c1-15(2,3)21(5,6)20-13-8-12(16)10(9-17)7-11(13)14(18)19-4/h7-9H,1-6H3. The summed E-state index contributed by atoms with van der Waals surface area (Å²) in [6, 6.07) is 3.15. The van der Waals surface area contributed by atoms with Gasteiger partial charge in [-0.2, -0.15) is 0 Å². The van der Waals surface area contributed by atoms with Gasteiger partial charge in [0.05, 0.1) is 7.11 Å². The maximum atomic E-state index is 11.9. The van der Waals surface area contributed by atoms with Crippen molar-refractivity contribution >= 4 is 36.5 Å². The lowest BCUT2D eigenvalue weighted by molar-refractivity contribution is 0.0598. The Bertz CT molecular complexity index is 562. The maximum absolute atomic E-state index is 11.9. The fourth-order valence-electron chi connectivity index (χ4n) is 1.44. The molecule has 0 amide bonds. The fourth-order valence-corrected chi connectivity index (χ4v) is 2.88. The molecule has 0 bridgehead atoms. The largest absolute Gasteiger partial charge is 0.543 e. The van der Waals surface area contributed by atoms with Gasteiger partial charge in [-0.05, 0) is 46.2 Å². The summed E-state index contributed by atoms with van der Waals surface area (Å²) in [5.74, 6) is -0.0646. The average Bonchev–Trinajstić information content (AvgIpc) is 2.36. The first-order valence-electron chi connectivity index (χ1n) is 6.59. The number of rotatable bonds is 4. The zero-order valence-electron chi connectivity index (χ0n) is 13.2. The number of carbonyl (C=O) groups excluding carboxylic acids is 2. The minimum absolute atomic E-state index is 0.00377. The van der Waals surface area contributed by atoms with Crippen LogP contribution in [0.4, 0.5) is 0 Å². The Balaban J connectivity index is 3.38. The summed E-state index contributed by atoms with van der Waals surface area (Å²) >= 11 is 3.32. The smallest absolute Gasteiger partial charge is 0.341 e. The predicted molar refractivity (Wildman–Crippen MR) is 88.7 cm³/mol. The molecule has 0 fully saturated rings. The van der Waals surface area contributed by atoms with E-state index in [9.17, 15) is 9.59 Å². The van der Waals surface area contributed by atoms with Crippen molar-refractivity contribution in [2.45, 2.75) is 38.9 Å². The van der Waals surface area contributed by atoms with E-state index in [-0.39, 0.29) is 10.6 Å². The highest BCUT2D eigenvalue weighted by atomic mass is 79.9. The third-order valence-electron chi connectivity index (χ3n) is 3.80. The van der Waals surface area contributed by atoms with Gasteiger partial charge >= 0.3 is 5.97 Å². The monoisotopic (exact) mass is 372 g/mol. The number of esters is 1. The van der Waals surface area contributed by atoms with Gasteiger partial charge in [0.2, 0.25) is 0 Å². The second-order valence-electron chi connectivity index (χ2n) is 6.34. The highest BCUT2D eigenvalue weighted by Crippen LogP contribution is 2.39. The summed E-state index contributed by atoms with van der Waals surface area (Å²) in [5, 5.41) is -0.00377. The normalized spacial score (nSPS) is 12.0. The van der Waals surface area contributed by atoms with Crippen LogP contribution >= 0.6 is 15.9 Å². The Morgan fingerprint density at radius 1 is 1.29 bits per heavy atom. The Hall–Kier alpha value is -1.14. The van der Waals surface area contributed by atoms with E-state index in [4.69, 9.17) is 9.16 Å². The number of benzene rings is 1. The number of aldehydes is 1. The number of methoxy groups -OCH3 is 1. The maximum Gasteiger partial charge on any atom is 0.341 e. The molecule has 0 aliphatic carbocycles. The summed E-state index contributed by atoms with van der Waals surface area (Å²) in [7, 11) is -0.797. The molecule has 0 radical (unpaired) electrons. The molecule has 0 N–H and O–H groups in total. The zero-order chi connectivity index (χ0) is 16.4. The van der Waals surface area contributed by atoms with Crippen LogP contribution in [0.2, 0.25) is 18.1 Å². The lowest BCUT2D eigenvalue weighted by Crippen LogP contribution is -2.44. The third kappa shape index (κ3) is 3.94. The SMILES string of the molecule is COC(=O)c1cc(C=O)c(Br)cc1O[Si](C)(C)C(C)(C)C. The van der Waals surface area contributed by atoms with Crippen LogP contribution in [0.1, 0.15) is 41.5 Å². The average molecular weight is 373 g/mol. The molecule has 4 nitrogen and oxygen atoms in total. The molecule has 0 saturated heterocycles. The van der Waals surface area contributed by atoms with Crippen LogP contribution in [0.25, 0.3) is 0 Å². The van der Waals surface area contributed by atoms with Crippen molar-refractivity contribution in [2.75, 3.05) is 7.11 Å². The second-order valence-corrected chi connectivity index (χ2v) is 11.9. The van der Waals surface area contributed by atoms with Crippen molar-refractivity contribution in [3.8, 4) is 5.75 Å². The third-order valence-corrected chi connectivity index (χ3v) is 8.83. The van der Waals surface area contributed by atoms with Crippen molar-refractivity contribution in [3.05, 3.63) is 27.7 Å². The van der Waals surface area contributed by atoms with E-state index < -0.39 is 14.3 Å². The molecular weight excluding hydrogens is 352 g/mol. The topological polar surface area (TPSA) is 52.6 Å².